The molecule has 1 aliphatic rings. The molecule has 9 nitrogen and oxygen atoms in total. The monoisotopic (exact) mass is 385 g/mol. The second-order valence-corrected chi connectivity index (χ2v) is 7.44. The van der Waals surface area contributed by atoms with Crippen molar-refractivity contribution in [3.8, 4) is 0 Å². The Morgan fingerprint density at radius 1 is 1.41 bits per heavy atom. The lowest BCUT2D eigenvalue weighted by atomic mass is 10.2. The van der Waals surface area contributed by atoms with E-state index >= 15 is 0 Å². The summed E-state index contributed by atoms with van der Waals surface area (Å²) in [5.74, 6) is 1.19. The van der Waals surface area contributed by atoms with Crippen LogP contribution in [-0.2, 0) is 4.74 Å². The van der Waals surface area contributed by atoms with Gasteiger partial charge in [0, 0.05) is 29.9 Å². The second-order valence-electron chi connectivity index (χ2n) is 6.21. The number of aromatic nitrogens is 5. The van der Waals surface area contributed by atoms with Crippen molar-refractivity contribution < 1.29 is 9.53 Å². The molecular formula is C17H19N7O2S. The van der Waals surface area contributed by atoms with Gasteiger partial charge in [-0.3, -0.25) is 9.89 Å². The molecule has 4 heterocycles. The molecule has 0 radical (unpaired) electrons. The Morgan fingerprint density at radius 3 is 3.04 bits per heavy atom. The highest BCUT2D eigenvalue weighted by Gasteiger charge is 2.28. The molecule has 0 aromatic carbocycles. The molecule has 140 valence electrons. The lowest BCUT2D eigenvalue weighted by Crippen LogP contribution is -2.42. The molecule has 0 aliphatic carbocycles. The van der Waals surface area contributed by atoms with E-state index < -0.39 is 0 Å². The summed E-state index contributed by atoms with van der Waals surface area (Å²) < 4.78 is 5.88. The first-order chi connectivity index (χ1) is 13.1. The zero-order chi connectivity index (χ0) is 18.8. The molecule has 0 saturated carbocycles. The summed E-state index contributed by atoms with van der Waals surface area (Å²) in [4.78, 5) is 28.7. The zero-order valence-corrected chi connectivity index (χ0v) is 15.8. The van der Waals surface area contributed by atoms with Crippen molar-refractivity contribution in [1.29, 1.82) is 0 Å². The lowest BCUT2D eigenvalue weighted by Gasteiger charge is -2.32. The Labute approximate surface area is 159 Å². The van der Waals surface area contributed by atoms with Crippen LogP contribution in [0.3, 0.4) is 0 Å². The van der Waals surface area contributed by atoms with Gasteiger partial charge in [0.1, 0.15) is 23.4 Å². The van der Waals surface area contributed by atoms with Crippen LogP contribution in [0.4, 0.5) is 10.9 Å². The number of carbonyl (C=O) groups excluding carboxylic acids is 1. The van der Waals surface area contributed by atoms with E-state index in [-0.39, 0.29) is 12.0 Å². The number of carbonyl (C=O) groups is 1. The number of aromatic amines is 1. The number of nitrogens with zero attached hydrogens (tertiary/aromatic N) is 5. The molecule has 1 saturated heterocycles. The Bertz CT molecular complexity index is 941. The molecule has 27 heavy (non-hydrogen) atoms. The second kappa shape index (κ2) is 7.41. The Kier molecular flexibility index (Phi) is 4.82. The van der Waals surface area contributed by atoms with E-state index in [1.54, 1.807) is 28.5 Å². The molecule has 0 spiro atoms. The predicted molar refractivity (Wildman–Crippen MR) is 100 cm³/mol. The summed E-state index contributed by atoms with van der Waals surface area (Å²) in [5.41, 5.74) is 1.21. The van der Waals surface area contributed by atoms with E-state index in [2.05, 4.69) is 30.5 Å². The topological polar surface area (TPSA) is 109 Å². The molecule has 1 fully saturated rings. The van der Waals surface area contributed by atoms with Gasteiger partial charge in [-0.15, -0.1) is 11.3 Å². The molecule has 1 amide bonds. The van der Waals surface area contributed by atoms with Crippen molar-refractivity contribution in [2.75, 3.05) is 25.0 Å². The van der Waals surface area contributed by atoms with Crippen molar-refractivity contribution in [2.45, 2.75) is 20.0 Å². The van der Waals surface area contributed by atoms with Gasteiger partial charge in [-0.25, -0.2) is 15.0 Å². The van der Waals surface area contributed by atoms with Crippen LogP contribution in [-0.4, -0.2) is 55.7 Å². The van der Waals surface area contributed by atoms with E-state index in [1.807, 2.05) is 26.1 Å². The van der Waals surface area contributed by atoms with Gasteiger partial charge in [-0.1, -0.05) is 0 Å². The van der Waals surface area contributed by atoms with Crippen LogP contribution in [0, 0.1) is 13.8 Å². The van der Waals surface area contributed by atoms with E-state index in [4.69, 9.17) is 4.74 Å². The number of aryl methyl sites for hydroxylation is 2. The maximum atomic E-state index is 12.6. The van der Waals surface area contributed by atoms with E-state index in [9.17, 15) is 4.79 Å². The smallest absolute Gasteiger partial charge is 0.272 e. The minimum absolute atomic E-state index is 0.0943. The van der Waals surface area contributed by atoms with Crippen LogP contribution in [0.2, 0.25) is 0 Å². The average molecular weight is 385 g/mol. The van der Waals surface area contributed by atoms with Crippen molar-refractivity contribution >= 4 is 28.2 Å². The molecule has 0 unspecified atom stereocenters. The number of morpholine rings is 1. The largest absolute Gasteiger partial charge is 0.368 e. The number of nitrogens with one attached hydrogen (secondary N) is 2. The number of thiazole rings is 1. The third kappa shape index (κ3) is 3.96. The normalized spacial score (nSPS) is 17.1. The minimum Gasteiger partial charge on any atom is -0.368 e. The number of anilines is 2. The average Bonchev–Trinajstić information content (AvgIpc) is 3.33. The molecule has 0 bridgehead atoms. The molecule has 1 aliphatic heterocycles. The van der Waals surface area contributed by atoms with E-state index in [0.29, 0.717) is 37.0 Å². The zero-order valence-electron chi connectivity index (χ0n) is 15.0. The number of H-pyrrole nitrogens is 1. The van der Waals surface area contributed by atoms with Crippen LogP contribution in [0.25, 0.3) is 0 Å². The lowest BCUT2D eigenvalue weighted by molar-refractivity contribution is -0.0250. The number of hydrogen-bond acceptors (Lipinski definition) is 8. The Balaban J connectivity index is 1.52. The van der Waals surface area contributed by atoms with Gasteiger partial charge in [0.15, 0.2) is 5.13 Å². The fourth-order valence-electron chi connectivity index (χ4n) is 2.90. The maximum Gasteiger partial charge on any atom is 0.272 e. The van der Waals surface area contributed by atoms with Crippen molar-refractivity contribution in [3.63, 3.8) is 0 Å². The van der Waals surface area contributed by atoms with E-state index in [1.165, 1.54) is 0 Å². The van der Waals surface area contributed by atoms with Gasteiger partial charge in [0.25, 0.3) is 5.91 Å². The summed E-state index contributed by atoms with van der Waals surface area (Å²) in [7, 11) is 0. The third-order valence-corrected chi connectivity index (χ3v) is 4.96. The number of amides is 1. The summed E-state index contributed by atoms with van der Waals surface area (Å²) in [6.45, 7) is 5.23. The number of ether oxygens (including phenoxy) is 1. The fourth-order valence-corrected chi connectivity index (χ4v) is 3.57. The standard InChI is InChI=1S/C17H19N7O2S/c1-10-8-18-17(27-10)22-15-7-13(20-11(2)21-15)14-9-24(5-6-26-14)16(25)12-3-4-19-23-12/h3-4,7-8,14H,5-6,9H2,1-2H3,(H,19,23)(H,18,20,21,22)/t14-/m0/s1. The summed E-state index contributed by atoms with van der Waals surface area (Å²) in [6, 6.07) is 3.51. The molecule has 4 rings (SSSR count). The van der Waals surface area contributed by atoms with Crippen LogP contribution in [0.5, 0.6) is 0 Å². The van der Waals surface area contributed by atoms with Crippen LogP contribution in [0.15, 0.2) is 24.5 Å². The van der Waals surface area contributed by atoms with Crippen molar-refractivity contribution in [1.82, 2.24) is 30.0 Å². The molecule has 3 aromatic rings. The Hall–Kier alpha value is -2.85. The van der Waals surface area contributed by atoms with Gasteiger partial charge in [0.05, 0.1) is 18.8 Å². The summed E-state index contributed by atoms with van der Waals surface area (Å²) >= 11 is 1.56. The quantitative estimate of drug-likeness (QED) is 0.709. The highest BCUT2D eigenvalue weighted by molar-refractivity contribution is 7.15. The molecule has 2 N–H and O–H groups in total. The molecule has 3 aromatic heterocycles. The first-order valence-electron chi connectivity index (χ1n) is 8.54. The third-order valence-electron chi connectivity index (χ3n) is 4.13. The minimum atomic E-state index is -0.314. The fraction of sp³-hybridized carbons (Fsp3) is 0.353. The SMILES string of the molecule is Cc1nc(Nc2ncc(C)s2)cc([C@@H]2CN(C(=O)c3ccn[nH]3)CCO2)n1. The highest BCUT2D eigenvalue weighted by Crippen LogP contribution is 2.26. The first kappa shape index (κ1) is 17.6. The molecule has 10 heteroatoms. The van der Waals surface area contributed by atoms with Crippen molar-refractivity contribution in [3.05, 3.63) is 46.6 Å². The van der Waals surface area contributed by atoms with Gasteiger partial charge in [0.2, 0.25) is 0 Å². The van der Waals surface area contributed by atoms with E-state index in [0.717, 1.165) is 15.7 Å². The molecule has 1 atom stereocenters. The molecular weight excluding hydrogens is 366 g/mol. The van der Waals surface area contributed by atoms with Crippen LogP contribution in [0.1, 0.15) is 33.0 Å². The Morgan fingerprint density at radius 2 is 2.30 bits per heavy atom. The summed E-state index contributed by atoms with van der Waals surface area (Å²) in [6.07, 6.45) is 3.06. The highest BCUT2D eigenvalue weighted by atomic mass is 32.1. The van der Waals surface area contributed by atoms with Crippen LogP contribution < -0.4 is 5.32 Å². The van der Waals surface area contributed by atoms with Gasteiger partial charge in [-0.05, 0) is 19.9 Å². The maximum absolute atomic E-state index is 12.6. The van der Waals surface area contributed by atoms with Gasteiger partial charge >= 0.3 is 0 Å². The first-order valence-corrected chi connectivity index (χ1v) is 9.35. The number of hydrogen-bond donors (Lipinski definition) is 2. The van der Waals surface area contributed by atoms with Crippen molar-refractivity contribution in [2.24, 2.45) is 0 Å². The number of rotatable bonds is 4. The summed E-state index contributed by atoms with van der Waals surface area (Å²) in [5, 5.41) is 10.5. The van der Waals surface area contributed by atoms with Gasteiger partial charge in [-0.2, -0.15) is 5.10 Å². The van der Waals surface area contributed by atoms with Gasteiger partial charge < -0.3 is 15.0 Å². The predicted octanol–water partition coefficient (Wildman–Crippen LogP) is 2.23. The van der Waals surface area contributed by atoms with Crippen LogP contribution >= 0.6 is 11.3 Å².